The van der Waals surface area contributed by atoms with Crippen molar-refractivity contribution >= 4 is 39.1 Å². The van der Waals surface area contributed by atoms with E-state index in [1.807, 2.05) is 24.3 Å². The molecule has 0 unspecified atom stereocenters. The second-order valence-electron chi connectivity index (χ2n) is 5.18. The number of carbonyl (C=O) groups excluding carboxylic acids is 1. The molecule has 3 rings (SSSR count). The lowest BCUT2D eigenvalue weighted by atomic mass is 10.2. The monoisotopic (exact) mass is 366 g/mol. The third kappa shape index (κ3) is 3.71. The molecule has 0 spiro atoms. The van der Waals surface area contributed by atoms with Gasteiger partial charge in [-0.05, 0) is 30.7 Å². The molecule has 1 N–H and O–H groups in total. The van der Waals surface area contributed by atoms with Crippen LogP contribution in [-0.4, -0.2) is 17.4 Å². The third-order valence-electron chi connectivity index (χ3n) is 3.45. The highest BCUT2D eigenvalue weighted by atomic mass is 35.5. The van der Waals surface area contributed by atoms with E-state index in [4.69, 9.17) is 11.6 Å². The molecule has 3 nitrogen and oxygen atoms in total. The summed E-state index contributed by atoms with van der Waals surface area (Å²) in [5.41, 5.74) is 0.894. The standard InChI is InChI=1S/C17H13ClF2N2OS/c18-11-9-13(20)12(19)8-10(11)17(23)21-7-3-6-16-22-14-4-1-2-5-15(14)24-16/h1-2,4-5,8-9H,3,6-7H2,(H,21,23). The molecule has 0 bridgehead atoms. The van der Waals surface area contributed by atoms with Crippen LogP contribution in [0.2, 0.25) is 5.02 Å². The molecule has 0 aliphatic carbocycles. The van der Waals surface area contributed by atoms with Gasteiger partial charge in [0.25, 0.3) is 5.91 Å². The molecule has 0 aliphatic heterocycles. The molecule has 0 aliphatic rings. The number of halogens is 3. The molecule has 0 radical (unpaired) electrons. The molecule has 1 aromatic heterocycles. The Hall–Kier alpha value is -2.05. The summed E-state index contributed by atoms with van der Waals surface area (Å²) in [5, 5.41) is 3.54. The molecule has 124 valence electrons. The maximum absolute atomic E-state index is 13.2. The summed E-state index contributed by atoms with van der Waals surface area (Å²) in [5.74, 6) is -2.70. The van der Waals surface area contributed by atoms with Gasteiger partial charge in [0, 0.05) is 13.0 Å². The topological polar surface area (TPSA) is 42.0 Å². The highest BCUT2D eigenvalue weighted by molar-refractivity contribution is 7.18. The van der Waals surface area contributed by atoms with Crippen molar-refractivity contribution in [1.82, 2.24) is 10.3 Å². The van der Waals surface area contributed by atoms with Crippen molar-refractivity contribution in [2.24, 2.45) is 0 Å². The SMILES string of the molecule is O=C(NCCCc1nc2ccccc2s1)c1cc(F)c(F)cc1Cl. The van der Waals surface area contributed by atoms with Gasteiger partial charge >= 0.3 is 0 Å². The fraction of sp³-hybridized carbons (Fsp3) is 0.176. The van der Waals surface area contributed by atoms with Gasteiger partial charge < -0.3 is 5.32 Å². The number of rotatable bonds is 5. The van der Waals surface area contributed by atoms with Crippen LogP contribution in [0.15, 0.2) is 36.4 Å². The van der Waals surface area contributed by atoms with E-state index >= 15 is 0 Å². The number of aromatic nitrogens is 1. The average molecular weight is 367 g/mol. The van der Waals surface area contributed by atoms with Gasteiger partial charge in [0.15, 0.2) is 11.6 Å². The molecule has 1 amide bonds. The molecule has 0 atom stereocenters. The van der Waals surface area contributed by atoms with Gasteiger partial charge in [-0.3, -0.25) is 4.79 Å². The maximum Gasteiger partial charge on any atom is 0.252 e. The van der Waals surface area contributed by atoms with Crippen molar-refractivity contribution in [3.05, 3.63) is 63.6 Å². The predicted octanol–water partition coefficient (Wildman–Crippen LogP) is 4.59. The van der Waals surface area contributed by atoms with E-state index in [1.165, 1.54) is 0 Å². The Balaban J connectivity index is 1.54. The van der Waals surface area contributed by atoms with Crippen molar-refractivity contribution in [2.75, 3.05) is 6.54 Å². The van der Waals surface area contributed by atoms with Crippen LogP contribution in [0.4, 0.5) is 8.78 Å². The first-order valence-electron chi connectivity index (χ1n) is 7.32. The lowest BCUT2D eigenvalue weighted by Crippen LogP contribution is -2.25. The van der Waals surface area contributed by atoms with Crippen LogP contribution < -0.4 is 5.32 Å². The zero-order valence-corrected chi connectivity index (χ0v) is 14.1. The molecule has 7 heteroatoms. The van der Waals surface area contributed by atoms with Crippen molar-refractivity contribution in [1.29, 1.82) is 0 Å². The van der Waals surface area contributed by atoms with Crippen molar-refractivity contribution in [3.63, 3.8) is 0 Å². The van der Waals surface area contributed by atoms with Crippen LogP contribution in [-0.2, 0) is 6.42 Å². The fourth-order valence-electron chi connectivity index (χ4n) is 2.26. The first kappa shape index (κ1) is 16.8. The molecule has 0 fully saturated rings. The van der Waals surface area contributed by atoms with Crippen molar-refractivity contribution in [2.45, 2.75) is 12.8 Å². The number of nitrogens with one attached hydrogen (secondary N) is 1. The number of thiazole rings is 1. The van der Waals surface area contributed by atoms with E-state index in [-0.39, 0.29) is 10.6 Å². The number of hydrogen-bond acceptors (Lipinski definition) is 3. The Morgan fingerprint density at radius 3 is 2.75 bits per heavy atom. The smallest absolute Gasteiger partial charge is 0.252 e. The number of para-hydroxylation sites is 1. The second-order valence-corrected chi connectivity index (χ2v) is 6.70. The van der Waals surface area contributed by atoms with Crippen LogP contribution in [0.3, 0.4) is 0 Å². The van der Waals surface area contributed by atoms with Crippen LogP contribution in [0.1, 0.15) is 21.8 Å². The summed E-state index contributed by atoms with van der Waals surface area (Å²) in [7, 11) is 0. The van der Waals surface area contributed by atoms with Gasteiger partial charge in [-0.1, -0.05) is 23.7 Å². The molecule has 2 aromatic carbocycles. The first-order chi connectivity index (χ1) is 11.5. The summed E-state index contributed by atoms with van der Waals surface area (Å²) in [6.07, 6.45) is 1.41. The molecule has 0 saturated carbocycles. The van der Waals surface area contributed by atoms with Gasteiger partial charge in [-0.15, -0.1) is 11.3 Å². The molecular weight excluding hydrogens is 354 g/mol. The minimum atomic E-state index is -1.10. The van der Waals surface area contributed by atoms with Crippen molar-refractivity contribution < 1.29 is 13.6 Å². The normalized spacial score (nSPS) is 11.0. The van der Waals surface area contributed by atoms with Gasteiger partial charge in [-0.25, -0.2) is 13.8 Å². The largest absolute Gasteiger partial charge is 0.352 e. The molecule has 0 saturated heterocycles. The Labute approximate surface area is 146 Å². The maximum atomic E-state index is 13.2. The molecule has 1 heterocycles. The molecule has 24 heavy (non-hydrogen) atoms. The quantitative estimate of drug-likeness (QED) is 0.530. The van der Waals surface area contributed by atoms with Gasteiger partial charge in [0.2, 0.25) is 0 Å². The number of amides is 1. The van der Waals surface area contributed by atoms with E-state index in [1.54, 1.807) is 11.3 Å². The minimum Gasteiger partial charge on any atom is -0.352 e. The predicted molar refractivity (Wildman–Crippen MR) is 91.6 cm³/mol. The van der Waals surface area contributed by atoms with Gasteiger partial charge in [0.1, 0.15) is 0 Å². The number of nitrogens with zero attached hydrogens (tertiary/aromatic N) is 1. The van der Waals surface area contributed by atoms with Crippen LogP contribution in [0.5, 0.6) is 0 Å². The Kier molecular flexibility index (Phi) is 5.06. The molecule has 3 aromatic rings. The highest BCUT2D eigenvalue weighted by Crippen LogP contribution is 2.22. The second kappa shape index (κ2) is 7.23. The lowest BCUT2D eigenvalue weighted by Gasteiger charge is -2.07. The number of aryl methyl sites for hydroxylation is 1. The number of benzene rings is 2. The van der Waals surface area contributed by atoms with Gasteiger partial charge in [-0.2, -0.15) is 0 Å². The zero-order valence-electron chi connectivity index (χ0n) is 12.5. The van der Waals surface area contributed by atoms with Gasteiger partial charge in [0.05, 0.1) is 25.8 Å². The van der Waals surface area contributed by atoms with E-state index < -0.39 is 17.5 Å². The lowest BCUT2D eigenvalue weighted by molar-refractivity contribution is 0.0953. The van der Waals surface area contributed by atoms with E-state index in [0.29, 0.717) is 13.0 Å². The highest BCUT2D eigenvalue weighted by Gasteiger charge is 2.14. The van der Waals surface area contributed by atoms with E-state index in [9.17, 15) is 13.6 Å². The first-order valence-corrected chi connectivity index (χ1v) is 8.51. The Bertz CT molecular complexity index is 864. The van der Waals surface area contributed by atoms with Crippen molar-refractivity contribution in [3.8, 4) is 0 Å². The zero-order chi connectivity index (χ0) is 17.1. The summed E-state index contributed by atoms with van der Waals surface area (Å²) >= 11 is 7.40. The Morgan fingerprint density at radius 2 is 1.96 bits per heavy atom. The van der Waals surface area contributed by atoms with Crippen LogP contribution >= 0.6 is 22.9 Å². The van der Waals surface area contributed by atoms with E-state index in [2.05, 4.69) is 10.3 Å². The Morgan fingerprint density at radius 1 is 1.21 bits per heavy atom. The average Bonchev–Trinajstić information content (AvgIpc) is 2.97. The number of fused-ring (bicyclic) bond motifs is 1. The summed E-state index contributed by atoms with van der Waals surface area (Å²) in [6.45, 7) is 0.393. The number of hydrogen-bond donors (Lipinski definition) is 1. The molecular formula is C17H13ClF2N2OS. The number of carbonyl (C=O) groups is 1. The summed E-state index contributed by atoms with van der Waals surface area (Å²) < 4.78 is 27.3. The third-order valence-corrected chi connectivity index (χ3v) is 4.85. The fourth-order valence-corrected chi connectivity index (χ4v) is 3.51. The van der Waals surface area contributed by atoms with E-state index in [0.717, 1.165) is 33.8 Å². The summed E-state index contributed by atoms with van der Waals surface area (Å²) in [4.78, 5) is 16.5. The minimum absolute atomic E-state index is 0.0736. The summed E-state index contributed by atoms with van der Waals surface area (Å²) in [6, 6.07) is 9.49. The van der Waals surface area contributed by atoms with Crippen LogP contribution in [0, 0.1) is 11.6 Å². The van der Waals surface area contributed by atoms with Crippen LogP contribution in [0.25, 0.3) is 10.2 Å².